The van der Waals surface area contributed by atoms with E-state index in [1.54, 1.807) is 25.3 Å². The Bertz CT molecular complexity index is 1230. The zero-order chi connectivity index (χ0) is 22.7. The van der Waals surface area contributed by atoms with E-state index in [2.05, 4.69) is 5.32 Å². The number of aryl methyl sites for hydroxylation is 1. The van der Waals surface area contributed by atoms with Crippen LogP contribution in [0.25, 0.3) is 10.8 Å². The molecule has 0 aromatic heterocycles. The molecule has 1 amide bonds. The van der Waals surface area contributed by atoms with Crippen molar-refractivity contribution in [3.05, 3.63) is 71.8 Å². The second kappa shape index (κ2) is 9.30. The topological polar surface area (TPSA) is 75.7 Å². The van der Waals surface area contributed by atoms with Gasteiger partial charge in [-0.1, -0.05) is 42.5 Å². The van der Waals surface area contributed by atoms with Crippen LogP contribution in [0.1, 0.15) is 24.0 Å². The predicted molar refractivity (Wildman–Crippen MR) is 125 cm³/mol. The molecule has 0 aliphatic carbocycles. The van der Waals surface area contributed by atoms with Crippen molar-refractivity contribution < 1.29 is 17.9 Å². The van der Waals surface area contributed by atoms with Gasteiger partial charge in [0.1, 0.15) is 5.75 Å². The molecule has 6 nitrogen and oxygen atoms in total. The van der Waals surface area contributed by atoms with Crippen LogP contribution >= 0.6 is 0 Å². The lowest BCUT2D eigenvalue weighted by Crippen LogP contribution is -2.45. The lowest BCUT2D eigenvalue weighted by molar-refractivity contribution is -0.126. The molecule has 3 aromatic carbocycles. The summed E-state index contributed by atoms with van der Waals surface area (Å²) in [5, 5.41) is 5.26. The van der Waals surface area contributed by atoms with Gasteiger partial charge in [0.25, 0.3) is 0 Å². The summed E-state index contributed by atoms with van der Waals surface area (Å²) < 4.78 is 33.0. The highest BCUT2D eigenvalue weighted by Crippen LogP contribution is 2.27. The van der Waals surface area contributed by atoms with Gasteiger partial charge in [-0.05, 0) is 59.9 Å². The van der Waals surface area contributed by atoms with E-state index in [1.807, 2.05) is 49.4 Å². The van der Waals surface area contributed by atoms with E-state index in [0.717, 1.165) is 21.9 Å². The molecule has 1 N–H and O–H groups in total. The number of amides is 1. The molecule has 1 heterocycles. The van der Waals surface area contributed by atoms with Crippen LogP contribution in [0.4, 0.5) is 0 Å². The van der Waals surface area contributed by atoms with Crippen LogP contribution in [-0.4, -0.2) is 38.8 Å². The Labute approximate surface area is 189 Å². The zero-order valence-corrected chi connectivity index (χ0v) is 19.2. The Morgan fingerprint density at radius 1 is 1.12 bits per heavy atom. The number of hydrogen-bond donors (Lipinski definition) is 1. The van der Waals surface area contributed by atoms with Crippen LogP contribution in [-0.2, 0) is 21.4 Å². The lowest BCUT2D eigenvalue weighted by atomic mass is 9.98. The van der Waals surface area contributed by atoms with Gasteiger partial charge in [0.05, 0.1) is 17.9 Å². The Hall–Kier alpha value is -2.90. The van der Waals surface area contributed by atoms with Crippen molar-refractivity contribution in [3.8, 4) is 5.75 Å². The number of hydrogen-bond acceptors (Lipinski definition) is 4. The molecule has 1 unspecified atom stereocenters. The Morgan fingerprint density at radius 2 is 1.91 bits per heavy atom. The number of nitrogens with one attached hydrogen (secondary N) is 1. The number of ether oxygens (including phenoxy) is 1. The Morgan fingerprint density at radius 3 is 2.69 bits per heavy atom. The van der Waals surface area contributed by atoms with Crippen molar-refractivity contribution in [2.24, 2.45) is 5.92 Å². The molecule has 7 heteroatoms. The van der Waals surface area contributed by atoms with E-state index in [4.69, 9.17) is 4.74 Å². The quantitative estimate of drug-likeness (QED) is 0.616. The van der Waals surface area contributed by atoms with Gasteiger partial charge in [0, 0.05) is 19.6 Å². The van der Waals surface area contributed by atoms with Gasteiger partial charge >= 0.3 is 0 Å². The monoisotopic (exact) mass is 452 g/mol. The summed E-state index contributed by atoms with van der Waals surface area (Å²) in [7, 11) is -2.12. The van der Waals surface area contributed by atoms with Crippen LogP contribution in [0.3, 0.4) is 0 Å². The molecule has 3 aromatic rings. The first-order valence-electron chi connectivity index (χ1n) is 10.8. The smallest absolute Gasteiger partial charge is 0.243 e. The van der Waals surface area contributed by atoms with Gasteiger partial charge in [0.2, 0.25) is 15.9 Å². The number of rotatable bonds is 6. The van der Waals surface area contributed by atoms with Gasteiger partial charge in [-0.25, -0.2) is 8.42 Å². The number of sulfonamides is 1. The third-order valence-corrected chi connectivity index (χ3v) is 7.95. The van der Waals surface area contributed by atoms with Crippen molar-refractivity contribution >= 4 is 26.7 Å². The number of piperidine rings is 1. The molecular formula is C25H28N2O4S. The van der Waals surface area contributed by atoms with E-state index < -0.39 is 10.0 Å². The summed E-state index contributed by atoms with van der Waals surface area (Å²) in [6.45, 7) is 2.84. The molecule has 1 fully saturated rings. The maximum absolute atomic E-state index is 13.2. The van der Waals surface area contributed by atoms with Crippen molar-refractivity contribution in [2.75, 3.05) is 20.2 Å². The summed E-state index contributed by atoms with van der Waals surface area (Å²) in [5.74, 6) is 0.171. The first kappa shape index (κ1) is 22.3. The highest BCUT2D eigenvalue weighted by Gasteiger charge is 2.33. The molecule has 32 heavy (non-hydrogen) atoms. The maximum atomic E-state index is 13.2. The SMILES string of the molecule is COc1ccc(S(=O)(=O)N2CCCC(C(=O)NCc3cccc4ccccc34)C2)cc1C. The third-order valence-electron chi connectivity index (χ3n) is 6.09. The fourth-order valence-electron chi connectivity index (χ4n) is 4.31. The lowest BCUT2D eigenvalue weighted by Gasteiger charge is -2.31. The van der Waals surface area contributed by atoms with Crippen molar-refractivity contribution in [3.63, 3.8) is 0 Å². The van der Waals surface area contributed by atoms with Gasteiger partial charge in [-0.15, -0.1) is 0 Å². The molecule has 4 rings (SSSR count). The Balaban J connectivity index is 1.45. The standard InChI is InChI=1S/C25H28N2O4S/c1-18-15-22(12-13-24(18)31-2)32(29,30)27-14-6-10-21(17-27)25(28)26-16-20-9-5-8-19-7-3-4-11-23(19)20/h3-5,7-9,11-13,15,21H,6,10,14,16-17H2,1-2H3,(H,26,28). The minimum Gasteiger partial charge on any atom is -0.496 e. The normalized spacial score (nSPS) is 17.2. The second-order valence-corrected chi connectivity index (χ2v) is 10.1. The number of nitrogens with zero attached hydrogens (tertiary/aromatic N) is 1. The average molecular weight is 453 g/mol. The number of methoxy groups -OCH3 is 1. The minimum atomic E-state index is -3.67. The van der Waals surface area contributed by atoms with Crippen molar-refractivity contribution in [2.45, 2.75) is 31.2 Å². The zero-order valence-electron chi connectivity index (χ0n) is 18.4. The van der Waals surface area contributed by atoms with Gasteiger partial charge in [0.15, 0.2) is 0 Å². The van der Waals surface area contributed by atoms with Crippen LogP contribution in [0.15, 0.2) is 65.6 Å². The first-order chi connectivity index (χ1) is 15.4. The largest absolute Gasteiger partial charge is 0.496 e. The van der Waals surface area contributed by atoms with Crippen molar-refractivity contribution in [1.82, 2.24) is 9.62 Å². The number of benzene rings is 3. The number of carbonyl (C=O) groups is 1. The molecule has 0 radical (unpaired) electrons. The molecular weight excluding hydrogens is 424 g/mol. The van der Waals surface area contributed by atoms with E-state index in [1.165, 1.54) is 4.31 Å². The van der Waals surface area contributed by atoms with Gasteiger partial charge in [-0.3, -0.25) is 4.79 Å². The minimum absolute atomic E-state index is 0.108. The first-order valence-corrected chi connectivity index (χ1v) is 12.2. The van der Waals surface area contributed by atoms with Crippen LogP contribution in [0, 0.1) is 12.8 Å². The van der Waals surface area contributed by atoms with Gasteiger partial charge in [-0.2, -0.15) is 4.31 Å². The van der Waals surface area contributed by atoms with Crippen LogP contribution < -0.4 is 10.1 Å². The van der Waals surface area contributed by atoms with E-state index in [0.29, 0.717) is 31.7 Å². The molecule has 1 atom stereocenters. The van der Waals surface area contributed by atoms with Crippen LogP contribution in [0.2, 0.25) is 0 Å². The molecule has 168 valence electrons. The molecule has 1 saturated heterocycles. The predicted octanol–water partition coefficient (Wildman–Crippen LogP) is 3.87. The highest BCUT2D eigenvalue weighted by atomic mass is 32.2. The number of carbonyl (C=O) groups excluding carboxylic acids is 1. The fraction of sp³-hybridized carbons (Fsp3) is 0.320. The molecule has 1 aliphatic rings. The summed E-state index contributed by atoms with van der Waals surface area (Å²) >= 11 is 0. The molecule has 1 aliphatic heterocycles. The van der Waals surface area contributed by atoms with Crippen molar-refractivity contribution in [1.29, 1.82) is 0 Å². The van der Waals surface area contributed by atoms with Gasteiger partial charge < -0.3 is 10.1 Å². The Kier molecular flexibility index (Phi) is 6.48. The summed E-state index contributed by atoms with van der Waals surface area (Å²) in [6.07, 6.45) is 1.33. The summed E-state index contributed by atoms with van der Waals surface area (Å²) in [4.78, 5) is 13.1. The summed E-state index contributed by atoms with van der Waals surface area (Å²) in [5.41, 5.74) is 1.81. The number of fused-ring (bicyclic) bond motifs is 1. The third kappa shape index (κ3) is 4.49. The fourth-order valence-corrected chi connectivity index (χ4v) is 5.92. The molecule has 0 spiro atoms. The maximum Gasteiger partial charge on any atom is 0.243 e. The summed E-state index contributed by atoms with van der Waals surface area (Å²) in [6, 6.07) is 19.0. The van der Waals surface area contributed by atoms with E-state index in [-0.39, 0.29) is 23.3 Å². The average Bonchev–Trinajstić information content (AvgIpc) is 2.82. The van der Waals surface area contributed by atoms with E-state index >= 15 is 0 Å². The second-order valence-electron chi connectivity index (χ2n) is 8.19. The highest BCUT2D eigenvalue weighted by molar-refractivity contribution is 7.89. The molecule has 0 saturated carbocycles. The van der Waals surface area contributed by atoms with E-state index in [9.17, 15) is 13.2 Å². The molecule has 0 bridgehead atoms. The van der Waals surface area contributed by atoms with Crippen LogP contribution in [0.5, 0.6) is 5.75 Å².